The fraction of sp³-hybridized carbons (Fsp3) is 0.750. The van der Waals surface area contributed by atoms with Crippen LogP contribution < -0.4 is 0 Å². The monoisotopic (exact) mass is 164 g/mol. The molecule has 0 radical (unpaired) electrons. The van der Waals surface area contributed by atoms with E-state index in [1.165, 1.54) is 16.9 Å². The number of carboxylic acid groups (broad SMARTS) is 1. The molecule has 1 N–H and O–H groups in total. The fourth-order valence-electron chi connectivity index (χ4n) is 0.175. The molecule has 0 aliphatic rings. The van der Waals surface area contributed by atoms with Crippen LogP contribution in [0.25, 0.3) is 0 Å². The molecule has 2 unspecified atom stereocenters. The second kappa shape index (κ2) is 3.09. The molecule has 2 atom stereocenters. The molecule has 0 rings (SSSR count). The van der Waals surface area contributed by atoms with E-state index in [2.05, 4.69) is 0 Å². The van der Waals surface area contributed by atoms with Crippen LogP contribution in [-0.2, 0) is 4.79 Å². The summed E-state index contributed by atoms with van der Waals surface area (Å²) in [5.74, 6) is -0.678. The molecule has 0 aliphatic carbocycles. The van der Waals surface area contributed by atoms with Crippen molar-refractivity contribution in [3.05, 3.63) is 0 Å². The molecule has 0 amide bonds. The molecule has 0 aromatic heterocycles. The van der Waals surface area contributed by atoms with E-state index in [9.17, 15) is 4.79 Å². The van der Waals surface area contributed by atoms with Gasteiger partial charge >= 0.3 is 50.8 Å². The van der Waals surface area contributed by atoms with Crippen LogP contribution in [0.4, 0.5) is 0 Å². The molecule has 0 bridgehead atoms. The average Bonchev–Trinajstić information content (AvgIpc) is 1.65. The van der Waals surface area contributed by atoms with Crippen molar-refractivity contribution in [2.45, 2.75) is 18.1 Å². The van der Waals surface area contributed by atoms with E-state index in [1.807, 2.05) is 6.92 Å². The van der Waals surface area contributed by atoms with Gasteiger partial charge in [-0.15, -0.1) is 0 Å². The summed E-state index contributed by atoms with van der Waals surface area (Å²) < 4.78 is -0.118. The minimum atomic E-state index is -0.678. The molecule has 0 aliphatic heterocycles. The standard InChI is InChI=1S/C4H9AsO2/c1-2-3(5)4(6)7/h3H,2,5H2,1H3,(H,6,7). The molecule has 0 fully saturated rings. The van der Waals surface area contributed by atoms with Gasteiger partial charge in [-0.25, -0.2) is 0 Å². The Morgan fingerprint density at radius 1 is 2.00 bits per heavy atom. The summed E-state index contributed by atoms with van der Waals surface area (Å²) >= 11 is 1.28. The van der Waals surface area contributed by atoms with Crippen LogP contribution in [0.15, 0.2) is 0 Å². The summed E-state index contributed by atoms with van der Waals surface area (Å²) in [6.07, 6.45) is 0.745. The van der Waals surface area contributed by atoms with E-state index in [1.54, 1.807) is 0 Å². The molecule has 0 aromatic rings. The third-order valence-corrected chi connectivity index (χ3v) is 2.34. The maximum atomic E-state index is 9.95. The zero-order valence-electron chi connectivity index (χ0n) is 4.22. The van der Waals surface area contributed by atoms with Gasteiger partial charge in [-0.3, -0.25) is 0 Å². The molecule has 42 valence electrons. The van der Waals surface area contributed by atoms with Crippen LogP contribution in [0.3, 0.4) is 0 Å². The molecule has 0 aromatic carbocycles. The SMILES string of the molecule is CCC([AsH2])C(=O)O. The van der Waals surface area contributed by atoms with Crippen molar-refractivity contribution in [3.63, 3.8) is 0 Å². The number of carboxylic acids is 1. The Balaban J connectivity index is 3.34. The topological polar surface area (TPSA) is 37.3 Å². The molecule has 0 spiro atoms. The Bertz CT molecular complexity index is 72.1. The Hall–Kier alpha value is 0.0284. The van der Waals surface area contributed by atoms with Gasteiger partial charge in [0.05, 0.1) is 0 Å². The first-order valence-electron chi connectivity index (χ1n) is 2.17. The van der Waals surface area contributed by atoms with Crippen molar-refractivity contribution in [1.82, 2.24) is 0 Å². The van der Waals surface area contributed by atoms with Gasteiger partial charge in [0.15, 0.2) is 0 Å². The van der Waals surface area contributed by atoms with Gasteiger partial charge in [0, 0.05) is 0 Å². The van der Waals surface area contributed by atoms with E-state index in [-0.39, 0.29) is 4.71 Å². The van der Waals surface area contributed by atoms with Crippen LogP contribution in [-0.4, -0.2) is 27.9 Å². The molecular weight excluding hydrogens is 155 g/mol. The van der Waals surface area contributed by atoms with Crippen molar-refractivity contribution < 1.29 is 9.90 Å². The summed E-state index contributed by atoms with van der Waals surface area (Å²) in [6.45, 7) is 1.88. The van der Waals surface area contributed by atoms with Crippen molar-refractivity contribution in [2.75, 3.05) is 0 Å². The summed E-state index contributed by atoms with van der Waals surface area (Å²) in [7, 11) is 0. The van der Waals surface area contributed by atoms with Gasteiger partial charge in [-0.2, -0.15) is 0 Å². The zero-order valence-corrected chi connectivity index (χ0v) is 6.64. The summed E-state index contributed by atoms with van der Waals surface area (Å²) in [5, 5.41) is 8.20. The van der Waals surface area contributed by atoms with Crippen molar-refractivity contribution in [1.29, 1.82) is 0 Å². The zero-order chi connectivity index (χ0) is 5.86. The Morgan fingerprint density at radius 2 is 2.43 bits per heavy atom. The van der Waals surface area contributed by atoms with Gasteiger partial charge < -0.3 is 0 Å². The average molecular weight is 164 g/mol. The number of hydrogen-bond acceptors (Lipinski definition) is 1. The van der Waals surface area contributed by atoms with Gasteiger partial charge in [0.2, 0.25) is 0 Å². The second-order valence-electron chi connectivity index (χ2n) is 1.35. The van der Waals surface area contributed by atoms with Crippen molar-refractivity contribution in [3.8, 4) is 0 Å². The van der Waals surface area contributed by atoms with Crippen LogP contribution in [0, 0.1) is 0 Å². The Morgan fingerprint density at radius 3 is 2.43 bits per heavy atom. The molecule has 7 heavy (non-hydrogen) atoms. The summed E-state index contributed by atoms with van der Waals surface area (Å²) in [4.78, 5) is 9.95. The minimum absolute atomic E-state index is 0.118. The number of hydrogen-bond donors (Lipinski definition) is 1. The first-order chi connectivity index (χ1) is 3.18. The number of aliphatic carboxylic acids is 1. The van der Waals surface area contributed by atoms with Gasteiger partial charge in [-0.05, 0) is 0 Å². The number of carbonyl (C=O) groups is 1. The van der Waals surface area contributed by atoms with E-state index in [4.69, 9.17) is 5.11 Å². The third kappa shape index (κ3) is 2.69. The molecule has 0 saturated heterocycles. The van der Waals surface area contributed by atoms with Crippen LogP contribution >= 0.6 is 0 Å². The van der Waals surface area contributed by atoms with Crippen LogP contribution in [0.1, 0.15) is 13.3 Å². The molecule has 2 nitrogen and oxygen atoms in total. The Labute approximate surface area is 51.4 Å². The first kappa shape index (κ1) is 7.03. The van der Waals surface area contributed by atoms with Gasteiger partial charge in [0.1, 0.15) is 0 Å². The van der Waals surface area contributed by atoms with Crippen molar-refractivity contribution >= 4 is 22.8 Å². The number of rotatable bonds is 2. The van der Waals surface area contributed by atoms with E-state index < -0.39 is 5.97 Å². The molecule has 3 heteroatoms. The quantitative estimate of drug-likeness (QED) is 0.578. The van der Waals surface area contributed by atoms with Crippen LogP contribution in [0.2, 0.25) is 4.71 Å². The Kier molecular flexibility index (Phi) is 3.10. The van der Waals surface area contributed by atoms with Gasteiger partial charge in [-0.1, -0.05) is 0 Å². The van der Waals surface area contributed by atoms with E-state index in [0.717, 1.165) is 6.42 Å². The summed E-state index contributed by atoms with van der Waals surface area (Å²) in [6, 6.07) is 0. The van der Waals surface area contributed by atoms with E-state index in [0.29, 0.717) is 0 Å². The third-order valence-electron chi connectivity index (χ3n) is 0.757. The normalized spacial score (nSPS) is 13.4. The predicted octanol–water partition coefficient (Wildman–Crippen LogP) is -0.0974. The molecule has 0 saturated carbocycles. The van der Waals surface area contributed by atoms with Crippen molar-refractivity contribution in [2.24, 2.45) is 0 Å². The fourth-order valence-corrected chi connectivity index (χ4v) is 0.175. The van der Waals surface area contributed by atoms with Crippen LogP contribution in [0.5, 0.6) is 0 Å². The predicted molar refractivity (Wildman–Crippen MR) is 30.2 cm³/mol. The maximum absolute atomic E-state index is 9.95. The van der Waals surface area contributed by atoms with E-state index >= 15 is 0 Å². The molecular formula is C4H9AsO2. The molecule has 0 heterocycles. The summed E-state index contributed by atoms with van der Waals surface area (Å²) in [5.41, 5.74) is 0. The second-order valence-corrected chi connectivity index (χ2v) is 3.04. The first-order valence-corrected chi connectivity index (χ1v) is 3.56. The van der Waals surface area contributed by atoms with Gasteiger partial charge in [0.25, 0.3) is 0 Å².